The summed E-state index contributed by atoms with van der Waals surface area (Å²) in [5, 5.41) is 6.10. The van der Waals surface area contributed by atoms with Gasteiger partial charge in [-0.25, -0.2) is 19.9 Å². The SMILES string of the molecule is COc1ccc(-c2nc(Nc3ccc(NC(C)=O)cc3)c3ncn(-c4ccccc4)c3n2)cn1. The van der Waals surface area contributed by atoms with E-state index in [-0.39, 0.29) is 5.91 Å². The van der Waals surface area contributed by atoms with Gasteiger partial charge in [-0.3, -0.25) is 9.36 Å². The fourth-order valence-electron chi connectivity index (χ4n) is 3.50. The number of fused-ring (bicyclic) bond motifs is 1. The van der Waals surface area contributed by atoms with Crippen molar-refractivity contribution in [1.29, 1.82) is 0 Å². The summed E-state index contributed by atoms with van der Waals surface area (Å²) in [6.07, 6.45) is 3.41. The van der Waals surface area contributed by atoms with Gasteiger partial charge in [0.05, 0.1) is 7.11 Å². The molecule has 9 heteroatoms. The molecule has 1 amide bonds. The van der Waals surface area contributed by atoms with E-state index < -0.39 is 0 Å². The standard InChI is InChI=1S/C25H21N7O2/c1-16(33)28-18-9-11-19(12-10-18)29-24-22-25(32(15-27-22)20-6-4-3-5-7-20)31-23(30-24)17-8-13-21(34-2)26-14-17/h3-15H,1-2H3,(H,28,33)(H,29,30,31). The minimum Gasteiger partial charge on any atom is -0.481 e. The Bertz CT molecular complexity index is 1450. The maximum absolute atomic E-state index is 11.3. The fourth-order valence-corrected chi connectivity index (χ4v) is 3.50. The molecule has 0 unspecified atom stereocenters. The highest BCUT2D eigenvalue weighted by Gasteiger charge is 2.16. The number of amides is 1. The summed E-state index contributed by atoms with van der Waals surface area (Å²) in [7, 11) is 1.57. The van der Waals surface area contributed by atoms with E-state index in [1.54, 1.807) is 25.7 Å². The first-order chi connectivity index (χ1) is 16.6. The van der Waals surface area contributed by atoms with Crippen LogP contribution >= 0.6 is 0 Å². The van der Waals surface area contributed by atoms with Crippen LogP contribution in [0.4, 0.5) is 17.2 Å². The number of hydrogen-bond acceptors (Lipinski definition) is 7. The highest BCUT2D eigenvalue weighted by Crippen LogP contribution is 2.28. The summed E-state index contributed by atoms with van der Waals surface area (Å²) in [4.78, 5) is 29.7. The predicted octanol–water partition coefficient (Wildman–Crippen LogP) is 4.59. The van der Waals surface area contributed by atoms with Crippen molar-refractivity contribution in [2.75, 3.05) is 17.7 Å². The van der Waals surface area contributed by atoms with Gasteiger partial charge in [0.15, 0.2) is 22.8 Å². The number of ether oxygens (including phenoxy) is 1. The Hall–Kier alpha value is -4.79. The van der Waals surface area contributed by atoms with Crippen molar-refractivity contribution in [3.63, 3.8) is 0 Å². The van der Waals surface area contributed by atoms with Gasteiger partial charge in [0, 0.05) is 41.8 Å². The van der Waals surface area contributed by atoms with Crippen molar-refractivity contribution >= 4 is 34.3 Å². The first kappa shape index (κ1) is 21.1. The number of rotatable bonds is 6. The number of pyridine rings is 1. The van der Waals surface area contributed by atoms with Gasteiger partial charge >= 0.3 is 0 Å². The molecular formula is C25H21N7O2. The summed E-state index contributed by atoms with van der Waals surface area (Å²) in [5.41, 5.74) is 4.47. The lowest BCUT2D eigenvalue weighted by molar-refractivity contribution is -0.114. The highest BCUT2D eigenvalue weighted by molar-refractivity contribution is 5.90. The third-order valence-electron chi connectivity index (χ3n) is 5.10. The van der Waals surface area contributed by atoms with Crippen molar-refractivity contribution in [1.82, 2.24) is 24.5 Å². The van der Waals surface area contributed by atoms with E-state index in [1.807, 2.05) is 65.2 Å². The van der Waals surface area contributed by atoms with Crippen LogP contribution in [0, 0.1) is 0 Å². The molecule has 0 aliphatic rings. The van der Waals surface area contributed by atoms with Crippen LogP contribution in [0.15, 0.2) is 79.3 Å². The summed E-state index contributed by atoms with van der Waals surface area (Å²) in [6, 6.07) is 20.9. The summed E-state index contributed by atoms with van der Waals surface area (Å²) in [6.45, 7) is 1.47. The van der Waals surface area contributed by atoms with Crippen LogP contribution in [0.2, 0.25) is 0 Å². The van der Waals surface area contributed by atoms with Gasteiger partial charge in [-0.1, -0.05) is 18.2 Å². The second kappa shape index (κ2) is 8.99. The zero-order chi connectivity index (χ0) is 23.5. The molecule has 5 rings (SSSR count). The number of nitrogens with zero attached hydrogens (tertiary/aromatic N) is 5. The third-order valence-corrected chi connectivity index (χ3v) is 5.10. The maximum Gasteiger partial charge on any atom is 0.221 e. The highest BCUT2D eigenvalue weighted by atomic mass is 16.5. The van der Waals surface area contributed by atoms with Gasteiger partial charge < -0.3 is 15.4 Å². The average molecular weight is 451 g/mol. The first-order valence-electron chi connectivity index (χ1n) is 10.6. The van der Waals surface area contributed by atoms with E-state index in [9.17, 15) is 4.79 Å². The topological polar surface area (TPSA) is 107 Å². The number of hydrogen-bond donors (Lipinski definition) is 2. The molecule has 0 saturated heterocycles. The van der Waals surface area contributed by atoms with Gasteiger partial charge in [-0.05, 0) is 42.5 Å². The van der Waals surface area contributed by atoms with E-state index in [0.717, 1.165) is 16.9 Å². The molecule has 0 fully saturated rings. The van der Waals surface area contributed by atoms with Crippen molar-refractivity contribution in [2.24, 2.45) is 0 Å². The minimum absolute atomic E-state index is 0.123. The van der Waals surface area contributed by atoms with E-state index in [2.05, 4.69) is 20.6 Å². The summed E-state index contributed by atoms with van der Waals surface area (Å²) < 4.78 is 7.09. The van der Waals surface area contributed by atoms with Crippen molar-refractivity contribution in [2.45, 2.75) is 6.92 Å². The van der Waals surface area contributed by atoms with Gasteiger partial charge in [0.2, 0.25) is 11.8 Å². The Labute approximate surface area is 195 Å². The number of imidazole rings is 1. The van der Waals surface area contributed by atoms with Crippen molar-refractivity contribution in [3.05, 3.63) is 79.3 Å². The number of aromatic nitrogens is 5. The average Bonchev–Trinajstić information content (AvgIpc) is 3.30. The number of benzene rings is 2. The Morgan fingerprint density at radius 2 is 1.68 bits per heavy atom. The normalized spacial score (nSPS) is 10.8. The number of para-hydroxylation sites is 1. The molecule has 0 atom stereocenters. The molecule has 3 aromatic heterocycles. The van der Waals surface area contributed by atoms with E-state index >= 15 is 0 Å². The van der Waals surface area contributed by atoms with Crippen LogP contribution in [0.1, 0.15) is 6.92 Å². The third kappa shape index (κ3) is 4.26. The molecular weight excluding hydrogens is 430 g/mol. The van der Waals surface area contributed by atoms with Gasteiger partial charge in [-0.2, -0.15) is 0 Å². The van der Waals surface area contributed by atoms with Crippen molar-refractivity contribution < 1.29 is 9.53 Å². The molecule has 3 heterocycles. The molecule has 5 aromatic rings. The number of anilines is 3. The Morgan fingerprint density at radius 3 is 2.35 bits per heavy atom. The molecule has 2 aromatic carbocycles. The lowest BCUT2D eigenvalue weighted by Gasteiger charge is -2.11. The van der Waals surface area contributed by atoms with Crippen LogP contribution < -0.4 is 15.4 Å². The molecule has 0 aliphatic carbocycles. The predicted molar refractivity (Wildman–Crippen MR) is 130 cm³/mol. The lowest BCUT2D eigenvalue weighted by Crippen LogP contribution is -2.05. The Balaban J connectivity index is 1.60. The summed E-state index contributed by atoms with van der Waals surface area (Å²) >= 11 is 0. The minimum atomic E-state index is -0.123. The summed E-state index contributed by atoms with van der Waals surface area (Å²) in [5.74, 6) is 1.44. The lowest BCUT2D eigenvalue weighted by atomic mass is 10.2. The molecule has 0 aliphatic heterocycles. The molecule has 168 valence electrons. The monoisotopic (exact) mass is 451 g/mol. The first-order valence-corrected chi connectivity index (χ1v) is 10.6. The second-order valence-corrected chi connectivity index (χ2v) is 7.49. The molecule has 0 radical (unpaired) electrons. The zero-order valence-electron chi connectivity index (χ0n) is 18.6. The van der Waals surface area contributed by atoms with Crippen LogP contribution in [0.5, 0.6) is 5.88 Å². The van der Waals surface area contributed by atoms with Crippen LogP contribution in [-0.2, 0) is 4.79 Å². The van der Waals surface area contributed by atoms with Gasteiger partial charge in [0.25, 0.3) is 0 Å². The molecule has 9 nitrogen and oxygen atoms in total. The van der Waals surface area contributed by atoms with Crippen LogP contribution in [0.25, 0.3) is 28.2 Å². The van der Waals surface area contributed by atoms with E-state index in [0.29, 0.717) is 34.4 Å². The molecule has 34 heavy (non-hydrogen) atoms. The van der Waals surface area contributed by atoms with Crippen molar-refractivity contribution in [3.8, 4) is 23.0 Å². The smallest absolute Gasteiger partial charge is 0.221 e. The number of carbonyl (C=O) groups is 1. The van der Waals surface area contributed by atoms with Crippen LogP contribution in [-0.4, -0.2) is 37.5 Å². The Morgan fingerprint density at radius 1 is 0.912 bits per heavy atom. The second-order valence-electron chi connectivity index (χ2n) is 7.49. The molecule has 0 spiro atoms. The Kier molecular flexibility index (Phi) is 5.57. The number of nitrogens with one attached hydrogen (secondary N) is 2. The fraction of sp³-hybridized carbons (Fsp3) is 0.0800. The van der Waals surface area contributed by atoms with Gasteiger partial charge in [0.1, 0.15) is 6.33 Å². The largest absolute Gasteiger partial charge is 0.481 e. The van der Waals surface area contributed by atoms with E-state index in [1.165, 1.54) is 6.92 Å². The van der Waals surface area contributed by atoms with Gasteiger partial charge in [-0.15, -0.1) is 0 Å². The van der Waals surface area contributed by atoms with Crippen LogP contribution in [0.3, 0.4) is 0 Å². The maximum atomic E-state index is 11.3. The quantitative estimate of drug-likeness (QED) is 0.389. The zero-order valence-corrected chi connectivity index (χ0v) is 18.6. The molecule has 0 bridgehead atoms. The molecule has 0 saturated carbocycles. The molecule has 2 N–H and O–H groups in total. The number of methoxy groups -OCH3 is 1. The van der Waals surface area contributed by atoms with E-state index in [4.69, 9.17) is 14.7 Å². The number of carbonyl (C=O) groups excluding carboxylic acids is 1.